The van der Waals surface area contributed by atoms with Crippen molar-refractivity contribution in [1.29, 1.82) is 0 Å². The van der Waals surface area contributed by atoms with E-state index in [4.69, 9.17) is 5.11 Å². The van der Waals surface area contributed by atoms with Crippen LogP contribution in [0.5, 0.6) is 0 Å². The molecule has 0 radical (unpaired) electrons. The molecular weight excluding hydrogens is 210 g/mol. The summed E-state index contributed by atoms with van der Waals surface area (Å²) in [5.74, 6) is -0.700. The fourth-order valence-electron chi connectivity index (χ4n) is 1.77. The third-order valence-electron chi connectivity index (χ3n) is 2.99. The molecule has 6 heteroatoms. The Labute approximate surface area is 91.9 Å². The molecule has 2 N–H and O–H groups in total. The van der Waals surface area contributed by atoms with Gasteiger partial charge in [-0.15, -0.1) is 0 Å². The highest BCUT2D eigenvalue weighted by Gasteiger charge is 2.36. The van der Waals surface area contributed by atoms with E-state index in [-0.39, 0.29) is 17.4 Å². The van der Waals surface area contributed by atoms with Gasteiger partial charge in [0.25, 0.3) is 5.56 Å². The maximum absolute atomic E-state index is 11.4. The topological polar surface area (TPSA) is 86.3 Å². The van der Waals surface area contributed by atoms with Gasteiger partial charge in [-0.2, -0.15) is 0 Å². The number of hydrogen-bond acceptors (Lipinski definition) is 4. The van der Waals surface area contributed by atoms with E-state index in [1.807, 2.05) is 0 Å². The van der Waals surface area contributed by atoms with Gasteiger partial charge in [-0.1, -0.05) is 6.92 Å². The first kappa shape index (κ1) is 10.7. The number of anilines is 1. The van der Waals surface area contributed by atoms with Gasteiger partial charge in [0.1, 0.15) is 0 Å². The van der Waals surface area contributed by atoms with Gasteiger partial charge < -0.3 is 15.0 Å². The lowest BCUT2D eigenvalue weighted by molar-refractivity contribution is -0.143. The fraction of sp³-hybridized carbons (Fsp3) is 0.500. The molecule has 0 bridgehead atoms. The summed E-state index contributed by atoms with van der Waals surface area (Å²) < 4.78 is 0. The minimum atomic E-state index is -0.792. The maximum atomic E-state index is 11.4. The average Bonchev–Trinajstić information content (AvgIpc) is 2.18. The summed E-state index contributed by atoms with van der Waals surface area (Å²) in [7, 11) is 0. The molecule has 6 nitrogen and oxygen atoms in total. The number of aromatic nitrogens is 2. The van der Waals surface area contributed by atoms with Crippen LogP contribution in [0.15, 0.2) is 17.2 Å². The number of carboxylic acids is 1. The van der Waals surface area contributed by atoms with Crippen LogP contribution in [0.3, 0.4) is 0 Å². The number of H-pyrrole nitrogens is 1. The van der Waals surface area contributed by atoms with Crippen molar-refractivity contribution in [3.05, 3.63) is 22.7 Å². The van der Waals surface area contributed by atoms with E-state index in [1.54, 1.807) is 11.8 Å². The second-order valence-electron chi connectivity index (χ2n) is 4.03. The summed E-state index contributed by atoms with van der Waals surface area (Å²) in [4.78, 5) is 30.4. The Balaban J connectivity index is 2.02. The van der Waals surface area contributed by atoms with Crippen molar-refractivity contribution >= 4 is 11.8 Å². The van der Waals surface area contributed by atoms with Crippen molar-refractivity contribution in [1.82, 2.24) is 9.97 Å². The number of aliphatic carboxylic acids is 1. The number of hydrogen-bond donors (Lipinski definition) is 2. The summed E-state index contributed by atoms with van der Waals surface area (Å²) in [6.07, 6.45) is 2.99. The Bertz CT molecular complexity index is 451. The van der Waals surface area contributed by atoms with Crippen molar-refractivity contribution < 1.29 is 9.90 Å². The summed E-state index contributed by atoms with van der Waals surface area (Å²) in [5, 5.41) is 8.83. The number of rotatable bonds is 3. The first-order chi connectivity index (χ1) is 7.59. The van der Waals surface area contributed by atoms with Crippen molar-refractivity contribution in [2.45, 2.75) is 6.92 Å². The third kappa shape index (κ3) is 1.78. The van der Waals surface area contributed by atoms with Crippen LogP contribution >= 0.6 is 0 Å². The van der Waals surface area contributed by atoms with E-state index in [0.717, 1.165) is 0 Å². The molecule has 86 valence electrons. The smallest absolute Gasteiger partial charge is 0.306 e. The minimum absolute atomic E-state index is 0.0962. The normalized spacial score (nSPS) is 17.9. The molecule has 1 atom stereocenters. The van der Waals surface area contributed by atoms with Gasteiger partial charge in [0.05, 0.1) is 5.92 Å². The summed E-state index contributed by atoms with van der Waals surface area (Å²) in [5.41, 5.74) is -0.232. The van der Waals surface area contributed by atoms with Gasteiger partial charge >= 0.3 is 5.97 Å². The van der Waals surface area contributed by atoms with Crippen LogP contribution in [0.4, 0.5) is 5.82 Å². The van der Waals surface area contributed by atoms with Crippen LogP contribution in [0.1, 0.15) is 6.92 Å². The molecule has 1 aliphatic rings. The van der Waals surface area contributed by atoms with E-state index in [2.05, 4.69) is 9.97 Å². The predicted molar refractivity (Wildman–Crippen MR) is 57.4 cm³/mol. The zero-order valence-electron chi connectivity index (χ0n) is 8.88. The second-order valence-corrected chi connectivity index (χ2v) is 4.03. The Kier molecular flexibility index (Phi) is 2.64. The first-order valence-electron chi connectivity index (χ1n) is 5.11. The highest BCUT2D eigenvalue weighted by molar-refractivity contribution is 5.70. The molecule has 2 heterocycles. The molecule has 0 spiro atoms. The molecule has 1 saturated heterocycles. The van der Waals surface area contributed by atoms with Crippen LogP contribution in [0.25, 0.3) is 0 Å². The van der Waals surface area contributed by atoms with Crippen molar-refractivity contribution in [2.75, 3.05) is 18.0 Å². The summed E-state index contributed by atoms with van der Waals surface area (Å²) >= 11 is 0. The van der Waals surface area contributed by atoms with Gasteiger partial charge in [0, 0.05) is 31.4 Å². The summed E-state index contributed by atoms with van der Waals surface area (Å²) in [6, 6.07) is 0. The Morgan fingerprint density at radius 2 is 2.38 bits per heavy atom. The van der Waals surface area contributed by atoms with E-state index >= 15 is 0 Å². The van der Waals surface area contributed by atoms with E-state index in [1.165, 1.54) is 12.4 Å². The van der Waals surface area contributed by atoms with Crippen molar-refractivity contribution in [3.8, 4) is 0 Å². The molecule has 1 aliphatic heterocycles. The SMILES string of the molecule is CC(C(=O)O)C1CN(c2ncc[nH]c2=O)C1. The highest BCUT2D eigenvalue weighted by atomic mass is 16.4. The lowest BCUT2D eigenvalue weighted by Crippen LogP contribution is -2.53. The van der Waals surface area contributed by atoms with Crippen molar-refractivity contribution in [2.24, 2.45) is 11.8 Å². The standard InChI is InChI=1S/C10H13N3O3/c1-6(10(15)16)7-4-13(5-7)8-9(14)12-3-2-11-8/h2-3,6-7H,4-5H2,1H3,(H,12,14)(H,15,16). The van der Waals surface area contributed by atoms with Gasteiger partial charge in [-0.05, 0) is 0 Å². The van der Waals surface area contributed by atoms with Crippen LogP contribution in [0, 0.1) is 11.8 Å². The molecule has 1 aromatic rings. The monoisotopic (exact) mass is 223 g/mol. The van der Waals surface area contributed by atoms with Gasteiger partial charge in [-0.25, -0.2) is 4.98 Å². The molecule has 2 rings (SSSR count). The molecule has 0 amide bonds. The van der Waals surface area contributed by atoms with Crippen LogP contribution in [-0.4, -0.2) is 34.1 Å². The number of carbonyl (C=O) groups is 1. The fourth-order valence-corrected chi connectivity index (χ4v) is 1.77. The molecule has 1 unspecified atom stereocenters. The van der Waals surface area contributed by atoms with E-state index in [0.29, 0.717) is 18.9 Å². The number of nitrogens with zero attached hydrogens (tertiary/aromatic N) is 2. The number of aromatic amines is 1. The molecule has 1 aromatic heterocycles. The quantitative estimate of drug-likeness (QED) is 0.749. The highest BCUT2D eigenvalue weighted by Crippen LogP contribution is 2.26. The molecular formula is C10H13N3O3. The molecule has 16 heavy (non-hydrogen) atoms. The Morgan fingerprint density at radius 3 is 2.94 bits per heavy atom. The minimum Gasteiger partial charge on any atom is -0.481 e. The summed E-state index contributed by atoms with van der Waals surface area (Å²) in [6.45, 7) is 2.84. The second kappa shape index (κ2) is 3.96. The van der Waals surface area contributed by atoms with Gasteiger partial charge in [-0.3, -0.25) is 9.59 Å². The lowest BCUT2D eigenvalue weighted by Gasteiger charge is -2.41. The maximum Gasteiger partial charge on any atom is 0.306 e. The largest absolute Gasteiger partial charge is 0.481 e. The zero-order valence-corrected chi connectivity index (χ0v) is 8.88. The van der Waals surface area contributed by atoms with Gasteiger partial charge in [0.2, 0.25) is 0 Å². The average molecular weight is 223 g/mol. The first-order valence-corrected chi connectivity index (χ1v) is 5.11. The molecule has 1 fully saturated rings. The third-order valence-corrected chi connectivity index (χ3v) is 2.99. The molecule has 0 saturated carbocycles. The molecule has 0 aromatic carbocycles. The number of carboxylic acid groups (broad SMARTS) is 1. The van der Waals surface area contributed by atoms with E-state index < -0.39 is 5.97 Å². The number of nitrogens with one attached hydrogen (secondary N) is 1. The van der Waals surface area contributed by atoms with Gasteiger partial charge in [0.15, 0.2) is 5.82 Å². The van der Waals surface area contributed by atoms with E-state index in [9.17, 15) is 9.59 Å². The molecule has 0 aliphatic carbocycles. The van der Waals surface area contributed by atoms with Crippen LogP contribution < -0.4 is 10.5 Å². The predicted octanol–water partition coefficient (Wildman–Crippen LogP) is -0.0732. The van der Waals surface area contributed by atoms with Crippen LogP contribution in [-0.2, 0) is 4.79 Å². The Morgan fingerprint density at radius 1 is 1.69 bits per heavy atom. The van der Waals surface area contributed by atoms with Crippen molar-refractivity contribution in [3.63, 3.8) is 0 Å². The lowest BCUT2D eigenvalue weighted by atomic mass is 9.87. The zero-order chi connectivity index (χ0) is 11.7. The van der Waals surface area contributed by atoms with Crippen LogP contribution in [0.2, 0.25) is 0 Å². The Hall–Kier alpha value is -1.85.